The molecule has 2 aromatic rings. The van der Waals surface area contributed by atoms with Crippen LogP contribution in [0, 0.1) is 18.3 Å². The molecule has 1 aromatic carbocycles. The molecule has 1 aromatic heterocycles. The molecule has 2 nitrogen and oxygen atoms in total. The topological polar surface area (TPSA) is 28.7 Å². The maximum atomic E-state index is 9.29. The Labute approximate surface area is 115 Å². The van der Waals surface area contributed by atoms with Gasteiger partial charge < -0.3 is 4.57 Å². The Morgan fingerprint density at radius 1 is 1.28 bits per heavy atom. The average Bonchev–Trinajstić information content (AvgIpc) is 3.18. The van der Waals surface area contributed by atoms with E-state index < -0.39 is 0 Å². The van der Waals surface area contributed by atoms with Gasteiger partial charge in [-0.2, -0.15) is 5.26 Å². The van der Waals surface area contributed by atoms with Crippen molar-refractivity contribution in [3.05, 3.63) is 46.1 Å². The zero-order chi connectivity index (χ0) is 12.7. The zero-order valence-electron chi connectivity index (χ0n) is 10.2. The van der Waals surface area contributed by atoms with Crippen molar-refractivity contribution in [2.75, 3.05) is 0 Å². The Hall–Kier alpha value is -1.53. The minimum Gasteiger partial charge on any atom is -0.340 e. The first-order chi connectivity index (χ1) is 8.74. The van der Waals surface area contributed by atoms with Crippen LogP contribution in [0.2, 0.25) is 0 Å². The smallest absolute Gasteiger partial charge is 0.102 e. The van der Waals surface area contributed by atoms with Gasteiger partial charge in [-0.1, -0.05) is 30.3 Å². The zero-order valence-corrected chi connectivity index (χ0v) is 11.7. The van der Waals surface area contributed by atoms with Crippen molar-refractivity contribution < 1.29 is 0 Å². The van der Waals surface area contributed by atoms with Crippen molar-refractivity contribution in [2.45, 2.75) is 25.8 Å². The Morgan fingerprint density at radius 3 is 2.50 bits per heavy atom. The van der Waals surface area contributed by atoms with Crippen LogP contribution in [0.25, 0.3) is 11.3 Å². The Bertz CT molecular complexity index is 631. The standard InChI is InChI=1S/C15H13BrN2/c1-10-13(9-17)14(16)15(18(10)12-7-8-12)11-5-3-2-4-6-11/h2-6,12H,7-8H2,1H3. The number of hydrogen-bond donors (Lipinski definition) is 0. The number of halogens is 1. The number of hydrogen-bond acceptors (Lipinski definition) is 1. The third-order valence-electron chi connectivity index (χ3n) is 3.46. The molecule has 0 bridgehead atoms. The van der Waals surface area contributed by atoms with Gasteiger partial charge in [0.25, 0.3) is 0 Å². The van der Waals surface area contributed by atoms with Crippen LogP contribution in [0.1, 0.15) is 30.1 Å². The summed E-state index contributed by atoms with van der Waals surface area (Å²) in [4.78, 5) is 0. The Kier molecular flexibility index (Phi) is 2.76. The number of aromatic nitrogens is 1. The summed E-state index contributed by atoms with van der Waals surface area (Å²) < 4.78 is 3.25. The summed E-state index contributed by atoms with van der Waals surface area (Å²) in [5, 5.41) is 9.29. The largest absolute Gasteiger partial charge is 0.340 e. The van der Waals surface area contributed by atoms with Gasteiger partial charge in [-0.05, 0) is 41.3 Å². The van der Waals surface area contributed by atoms with Crippen molar-refractivity contribution in [1.29, 1.82) is 5.26 Å². The fraction of sp³-hybridized carbons (Fsp3) is 0.267. The van der Waals surface area contributed by atoms with Crippen molar-refractivity contribution in [3.8, 4) is 17.3 Å². The predicted molar refractivity (Wildman–Crippen MR) is 75.3 cm³/mol. The molecule has 1 saturated carbocycles. The van der Waals surface area contributed by atoms with E-state index in [1.807, 2.05) is 25.1 Å². The summed E-state index contributed by atoms with van der Waals surface area (Å²) in [7, 11) is 0. The molecule has 18 heavy (non-hydrogen) atoms. The molecule has 0 radical (unpaired) electrons. The number of nitrogens with zero attached hydrogens (tertiary/aromatic N) is 2. The lowest BCUT2D eigenvalue weighted by atomic mass is 10.1. The molecule has 0 saturated heterocycles. The lowest BCUT2D eigenvalue weighted by Gasteiger charge is -2.10. The molecule has 3 rings (SSSR count). The minimum atomic E-state index is 0.568. The van der Waals surface area contributed by atoms with Gasteiger partial charge in [-0.3, -0.25) is 0 Å². The van der Waals surface area contributed by atoms with Crippen molar-refractivity contribution in [3.63, 3.8) is 0 Å². The van der Waals surface area contributed by atoms with E-state index in [-0.39, 0.29) is 0 Å². The molecular formula is C15H13BrN2. The molecular weight excluding hydrogens is 288 g/mol. The summed E-state index contributed by atoms with van der Waals surface area (Å²) in [5.74, 6) is 0. The Balaban J connectivity index is 2.28. The fourth-order valence-corrected chi connectivity index (χ4v) is 3.25. The molecule has 0 amide bonds. The highest BCUT2D eigenvalue weighted by molar-refractivity contribution is 9.10. The van der Waals surface area contributed by atoms with E-state index in [0.29, 0.717) is 6.04 Å². The van der Waals surface area contributed by atoms with E-state index in [1.165, 1.54) is 18.4 Å². The molecule has 1 fully saturated rings. The maximum absolute atomic E-state index is 9.29. The molecule has 0 aliphatic heterocycles. The molecule has 0 spiro atoms. The summed E-state index contributed by atoms with van der Waals surface area (Å²) in [6, 6.07) is 13.2. The second-order valence-corrected chi connectivity index (χ2v) is 5.50. The third-order valence-corrected chi connectivity index (χ3v) is 4.23. The van der Waals surface area contributed by atoms with Gasteiger partial charge in [0.2, 0.25) is 0 Å². The van der Waals surface area contributed by atoms with Gasteiger partial charge in [-0.25, -0.2) is 0 Å². The van der Waals surface area contributed by atoms with Crippen LogP contribution in [0.4, 0.5) is 0 Å². The van der Waals surface area contributed by atoms with E-state index in [2.05, 4.69) is 38.7 Å². The van der Waals surface area contributed by atoms with Gasteiger partial charge >= 0.3 is 0 Å². The third kappa shape index (κ3) is 1.69. The highest BCUT2D eigenvalue weighted by atomic mass is 79.9. The normalized spacial score (nSPS) is 14.5. The number of benzene rings is 1. The molecule has 0 N–H and O–H groups in total. The first kappa shape index (κ1) is 11.6. The van der Waals surface area contributed by atoms with Crippen LogP contribution in [-0.2, 0) is 0 Å². The predicted octanol–water partition coefficient (Wildman–Crippen LogP) is 4.43. The average molecular weight is 301 g/mol. The van der Waals surface area contributed by atoms with E-state index in [1.54, 1.807) is 0 Å². The summed E-state index contributed by atoms with van der Waals surface area (Å²) in [6.07, 6.45) is 2.43. The maximum Gasteiger partial charge on any atom is 0.102 e. The molecule has 3 heteroatoms. The van der Waals surface area contributed by atoms with Crippen molar-refractivity contribution in [2.24, 2.45) is 0 Å². The summed E-state index contributed by atoms with van der Waals surface area (Å²) in [6.45, 7) is 2.04. The second kappa shape index (κ2) is 4.29. The first-order valence-electron chi connectivity index (χ1n) is 6.10. The van der Waals surface area contributed by atoms with Crippen molar-refractivity contribution >= 4 is 15.9 Å². The molecule has 1 aliphatic carbocycles. The highest BCUT2D eigenvalue weighted by Crippen LogP contribution is 2.45. The van der Waals surface area contributed by atoms with Gasteiger partial charge in [0, 0.05) is 11.7 Å². The fourth-order valence-electron chi connectivity index (χ4n) is 2.45. The van der Waals surface area contributed by atoms with Crippen LogP contribution in [0.5, 0.6) is 0 Å². The summed E-state index contributed by atoms with van der Waals surface area (Å²) in [5.41, 5.74) is 4.15. The lowest BCUT2D eigenvalue weighted by Crippen LogP contribution is -1.99. The van der Waals surface area contributed by atoms with Gasteiger partial charge in [0.15, 0.2) is 0 Å². The van der Waals surface area contributed by atoms with E-state index in [9.17, 15) is 5.26 Å². The van der Waals surface area contributed by atoms with E-state index in [0.717, 1.165) is 21.4 Å². The SMILES string of the molecule is Cc1c(C#N)c(Br)c(-c2ccccc2)n1C1CC1. The van der Waals surface area contributed by atoms with Gasteiger partial charge in [0.1, 0.15) is 6.07 Å². The van der Waals surface area contributed by atoms with Crippen LogP contribution in [-0.4, -0.2) is 4.57 Å². The van der Waals surface area contributed by atoms with Crippen LogP contribution in [0.3, 0.4) is 0 Å². The number of nitriles is 1. The van der Waals surface area contributed by atoms with Crippen LogP contribution < -0.4 is 0 Å². The lowest BCUT2D eigenvalue weighted by molar-refractivity contribution is 0.729. The van der Waals surface area contributed by atoms with E-state index >= 15 is 0 Å². The second-order valence-electron chi connectivity index (χ2n) is 4.70. The van der Waals surface area contributed by atoms with E-state index in [4.69, 9.17) is 0 Å². The monoisotopic (exact) mass is 300 g/mol. The number of rotatable bonds is 2. The first-order valence-corrected chi connectivity index (χ1v) is 6.89. The molecule has 1 heterocycles. The molecule has 90 valence electrons. The highest BCUT2D eigenvalue weighted by Gasteiger charge is 2.31. The quantitative estimate of drug-likeness (QED) is 0.806. The molecule has 1 aliphatic rings. The van der Waals surface area contributed by atoms with Crippen LogP contribution >= 0.6 is 15.9 Å². The van der Waals surface area contributed by atoms with Gasteiger partial charge in [0.05, 0.1) is 15.7 Å². The van der Waals surface area contributed by atoms with Gasteiger partial charge in [-0.15, -0.1) is 0 Å². The van der Waals surface area contributed by atoms with Crippen molar-refractivity contribution in [1.82, 2.24) is 4.57 Å². The summed E-state index contributed by atoms with van der Waals surface area (Å²) >= 11 is 3.60. The minimum absolute atomic E-state index is 0.568. The molecule has 0 atom stereocenters. The Morgan fingerprint density at radius 2 is 1.94 bits per heavy atom. The van der Waals surface area contributed by atoms with Crippen LogP contribution in [0.15, 0.2) is 34.8 Å². The molecule has 0 unspecified atom stereocenters.